The van der Waals surface area contributed by atoms with Crippen LogP contribution in [0.1, 0.15) is 6.42 Å². The van der Waals surface area contributed by atoms with Crippen LogP contribution in [0.2, 0.25) is 39.3 Å². The highest BCUT2D eigenvalue weighted by Gasteiger charge is 2.34. The van der Waals surface area contributed by atoms with Gasteiger partial charge in [0.15, 0.2) is 5.12 Å². The fourth-order valence-electron chi connectivity index (χ4n) is 2.55. The van der Waals surface area contributed by atoms with Crippen LogP contribution in [-0.2, 0) is 4.79 Å². The van der Waals surface area contributed by atoms with Crippen molar-refractivity contribution in [3.63, 3.8) is 0 Å². The van der Waals surface area contributed by atoms with Gasteiger partial charge in [0.2, 0.25) is 0 Å². The summed E-state index contributed by atoms with van der Waals surface area (Å²) in [7, 11) is -2.69. The van der Waals surface area contributed by atoms with Crippen molar-refractivity contribution in [1.29, 1.82) is 0 Å². The first-order valence-electron chi connectivity index (χ1n) is 7.14. The second-order valence-electron chi connectivity index (χ2n) is 7.03. The standard InChI is InChI=1S/C15H27NOSSi2/c1-19(2,3)16(20(4,5)6)13-12-15(17)18-14-10-8-7-9-11-14/h7-11H,12-13H2,1-6H3. The molecule has 2 nitrogen and oxygen atoms in total. The highest BCUT2D eigenvalue weighted by atomic mass is 32.2. The molecule has 5 heteroatoms. The molecule has 0 fully saturated rings. The maximum Gasteiger partial charge on any atom is 0.194 e. The van der Waals surface area contributed by atoms with Crippen molar-refractivity contribution >= 4 is 33.3 Å². The number of hydrogen-bond donors (Lipinski definition) is 0. The van der Waals surface area contributed by atoms with Gasteiger partial charge in [-0.2, -0.15) is 0 Å². The summed E-state index contributed by atoms with van der Waals surface area (Å²) in [4.78, 5) is 13.2. The third-order valence-corrected chi connectivity index (χ3v) is 11.8. The average molecular weight is 326 g/mol. The van der Waals surface area contributed by atoms with E-state index in [-0.39, 0.29) is 5.12 Å². The Bertz CT molecular complexity index is 423. The van der Waals surface area contributed by atoms with Gasteiger partial charge in [-0.1, -0.05) is 69.2 Å². The second-order valence-corrected chi connectivity index (χ2v) is 18.4. The van der Waals surface area contributed by atoms with Gasteiger partial charge in [-0.25, -0.2) is 0 Å². The lowest BCUT2D eigenvalue weighted by atomic mass is 10.4. The van der Waals surface area contributed by atoms with Crippen LogP contribution in [0.4, 0.5) is 0 Å². The molecule has 112 valence electrons. The van der Waals surface area contributed by atoms with Gasteiger partial charge >= 0.3 is 0 Å². The molecule has 0 saturated carbocycles. The molecule has 0 heterocycles. The summed E-state index contributed by atoms with van der Waals surface area (Å²) in [6.45, 7) is 15.2. The van der Waals surface area contributed by atoms with Gasteiger partial charge in [0, 0.05) is 11.3 Å². The van der Waals surface area contributed by atoms with E-state index >= 15 is 0 Å². The van der Waals surface area contributed by atoms with Crippen molar-refractivity contribution in [3.8, 4) is 0 Å². The number of carbonyl (C=O) groups is 1. The molecule has 0 unspecified atom stereocenters. The maximum atomic E-state index is 12.1. The van der Waals surface area contributed by atoms with Crippen molar-refractivity contribution in [2.75, 3.05) is 6.54 Å². The van der Waals surface area contributed by atoms with Crippen LogP contribution in [-0.4, -0.2) is 32.4 Å². The third kappa shape index (κ3) is 5.95. The van der Waals surface area contributed by atoms with Crippen LogP contribution < -0.4 is 0 Å². The first-order valence-corrected chi connectivity index (χ1v) is 14.9. The molecule has 0 spiro atoms. The molecule has 20 heavy (non-hydrogen) atoms. The molecule has 0 N–H and O–H groups in total. The molecule has 1 aromatic carbocycles. The minimum absolute atomic E-state index is 0.276. The zero-order valence-corrected chi connectivity index (χ0v) is 16.4. The highest BCUT2D eigenvalue weighted by molar-refractivity contribution is 8.13. The van der Waals surface area contributed by atoms with Crippen LogP contribution in [0.15, 0.2) is 35.2 Å². The lowest BCUT2D eigenvalue weighted by Crippen LogP contribution is -2.59. The monoisotopic (exact) mass is 325 g/mol. The van der Waals surface area contributed by atoms with E-state index in [4.69, 9.17) is 0 Å². The molecule has 0 aliphatic heterocycles. The summed E-state index contributed by atoms with van der Waals surface area (Å²) in [6.07, 6.45) is 0.647. The van der Waals surface area contributed by atoms with Crippen LogP contribution in [0, 0.1) is 0 Å². The van der Waals surface area contributed by atoms with Gasteiger partial charge in [-0.05, 0) is 18.7 Å². The highest BCUT2D eigenvalue weighted by Crippen LogP contribution is 2.23. The van der Waals surface area contributed by atoms with E-state index in [1.54, 1.807) is 0 Å². The number of nitrogens with zero attached hydrogens (tertiary/aromatic N) is 1. The van der Waals surface area contributed by atoms with E-state index in [0.29, 0.717) is 6.42 Å². The Kier molecular flexibility index (Phi) is 6.25. The van der Waals surface area contributed by atoms with Gasteiger partial charge < -0.3 is 4.23 Å². The van der Waals surface area contributed by atoms with Gasteiger partial charge in [-0.15, -0.1) is 0 Å². The van der Waals surface area contributed by atoms with Crippen molar-refractivity contribution in [2.24, 2.45) is 0 Å². The topological polar surface area (TPSA) is 20.3 Å². The summed E-state index contributed by atoms with van der Waals surface area (Å²) in [5, 5.41) is 0.276. The molecule has 0 aliphatic rings. The molecule has 0 radical (unpaired) electrons. The Labute approximate surface area is 130 Å². The summed E-state index contributed by atoms with van der Waals surface area (Å²) < 4.78 is 2.67. The third-order valence-electron chi connectivity index (χ3n) is 3.13. The van der Waals surface area contributed by atoms with Gasteiger partial charge in [0.25, 0.3) is 0 Å². The predicted octanol–water partition coefficient (Wildman–Crippen LogP) is 4.67. The van der Waals surface area contributed by atoms with E-state index < -0.39 is 16.5 Å². The van der Waals surface area contributed by atoms with E-state index in [2.05, 4.69) is 43.5 Å². The molecule has 0 saturated heterocycles. The smallest absolute Gasteiger partial charge is 0.194 e. The Balaban J connectivity index is 2.58. The Morgan fingerprint density at radius 3 is 1.95 bits per heavy atom. The largest absolute Gasteiger partial charge is 0.345 e. The minimum Gasteiger partial charge on any atom is -0.345 e. The molecule has 0 atom stereocenters. The minimum atomic E-state index is -1.35. The maximum absolute atomic E-state index is 12.1. The molecule has 1 rings (SSSR count). The zero-order chi connectivity index (χ0) is 15.4. The summed E-state index contributed by atoms with van der Waals surface area (Å²) in [5.74, 6) is 0. The van der Waals surface area contributed by atoms with Crippen molar-refractivity contribution in [2.45, 2.75) is 50.6 Å². The van der Waals surface area contributed by atoms with Crippen molar-refractivity contribution < 1.29 is 4.79 Å². The molecule has 0 bridgehead atoms. The number of rotatable bonds is 6. The summed E-state index contributed by atoms with van der Waals surface area (Å²) in [5.41, 5.74) is 0. The number of carbonyl (C=O) groups excluding carboxylic acids is 1. The quantitative estimate of drug-likeness (QED) is 0.560. The average Bonchev–Trinajstić information content (AvgIpc) is 2.26. The molecule has 1 aromatic rings. The van der Waals surface area contributed by atoms with E-state index in [9.17, 15) is 4.79 Å². The van der Waals surface area contributed by atoms with Crippen LogP contribution in [0.3, 0.4) is 0 Å². The fraction of sp³-hybridized carbons (Fsp3) is 0.533. The van der Waals surface area contributed by atoms with Crippen molar-refractivity contribution in [3.05, 3.63) is 30.3 Å². The number of thioether (sulfide) groups is 1. The first-order chi connectivity index (χ1) is 9.10. The van der Waals surface area contributed by atoms with Gasteiger partial charge in [-0.3, -0.25) is 4.79 Å². The van der Waals surface area contributed by atoms with Gasteiger partial charge in [0.05, 0.1) is 0 Å². The lowest BCUT2D eigenvalue weighted by Gasteiger charge is -2.43. The van der Waals surface area contributed by atoms with Crippen LogP contribution in [0.5, 0.6) is 0 Å². The van der Waals surface area contributed by atoms with Crippen LogP contribution in [0.25, 0.3) is 0 Å². The Morgan fingerprint density at radius 1 is 1.00 bits per heavy atom. The lowest BCUT2D eigenvalue weighted by molar-refractivity contribution is -0.111. The molecule has 0 aromatic heterocycles. The van der Waals surface area contributed by atoms with Crippen LogP contribution >= 0.6 is 11.8 Å². The predicted molar refractivity (Wildman–Crippen MR) is 95.3 cm³/mol. The molecular weight excluding hydrogens is 298 g/mol. The van der Waals surface area contributed by atoms with Crippen molar-refractivity contribution in [1.82, 2.24) is 4.23 Å². The van der Waals surface area contributed by atoms with Gasteiger partial charge in [0.1, 0.15) is 16.5 Å². The van der Waals surface area contributed by atoms with E-state index in [1.807, 2.05) is 30.3 Å². The summed E-state index contributed by atoms with van der Waals surface area (Å²) in [6, 6.07) is 9.93. The molecular formula is C15H27NOSSi2. The summed E-state index contributed by atoms with van der Waals surface area (Å²) >= 11 is 1.37. The zero-order valence-electron chi connectivity index (χ0n) is 13.6. The molecule has 0 aliphatic carbocycles. The normalized spacial score (nSPS) is 12.8. The number of hydrogen-bond acceptors (Lipinski definition) is 3. The first kappa shape index (κ1) is 17.7. The fourth-order valence-corrected chi connectivity index (χ4v) is 12.9. The number of benzene rings is 1. The van der Waals surface area contributed by atoms with E-state index in [0.717, 1.165) is 11.4 Å². The second kappa shape index (κ2) is 7.07. The SMILES string of the molecule is C[Si](C)(C)N(CCC(=O)Sc1ccccc1)[Si](C)(C)C. The Morgan fingerprint density at radius 2 is 1.50 bits per heavy atom. The Hall–Kier alpha value is -0.366. The molecule has 0 amide bonds. The van der Waals surface area contributed by atoms with E-state index in [1.165, 1.54) is 11.8 Å².